The van der Waals surface area contributed by atoms with Gasteiger partial charge in [0.2, 0.25) is 0 Å². The van der Waals surface area contributed by atoms with Gasteiger partial charge < -0.3 is 4.52 Å². The minimum absolute atomic E-state index is 0.282. The van der Waals surface area contributed by atoms with Gasteiger partial charge in [-0.1, -0.05) is 54.6 Å². The molecule has 0 aliphatic heterocycles. The zero-order chi connectivity index (χ0) is 19.1. The summed E-state index contributed by atoms with van der Waals surface area (Å²) in [6.45, 7) is 2.04. The molecule has 0 radical (unpaired) electrons. The Balaban J connectivity index is 1.84. The van der Waals surface area contributed by atoms with E-state index in [0.29, 0.717) is 0 Å². The smallest absolute Gasteiger partial charge is 0.173 e. The largest absolute Gasteiger partial charge is 0.480 e. The van der Waals surface area contributed by atoms with Crippen LogP contribution in [0.5, 0.6) is 5.75 Å². The number of fused-ring (bicyclic) bond motifs is 2. The predicted molar refractivity (Wildman–Crippen MR) is 115 cm³/mol. The highest BCUT2D eigenvalue weighted by Crippen LogP contribution is 2.35. The SMILES string of the molecule is Cc1cccc(C(n2ncc3ccccc32)n2ncc3ccccc32)c1OP. The molecular formula is C22H19N4OP. The fraction of sp³-hybridized carbons (Fsp3) is 0.0909. The van der Waals surface area contributed by atoms with E-state index in [1.54, 1.807) is 0 Å². The molecule has 5 rings (SSSR count). The summed E-state index contributed by atoms with van der Waals surface area (Å²) in [6, 6.07) is 22.6. The van der Waals surface area contributed by atoms with Crippen molar-refractivity contribution < 1.29 is 4.52 Å². The van der Waals surface area contributed by atoms with Crippen LogP contribution in [0.4, 0.5) is 0 Å². The summed E-state index contributed by atoms with van der Waals surface area (Å²) in [5, 5.41) is 11.6. The molecule has 0 N–H and O–H groups in total. The van der Waals surface area contributed by atoms with E-state index in [4.69, 9.17) is 14.7 Å². The van der Waals surface area contributed by atoms with Crippen LogP contribution in [0.15, 0.2) is 79.1 Å². The molecule has 138 valence electrons. The molecule has 3 aromatic carbocycles. The lowest BCUT2D eigenvalue weighted by atomic mass is 10.1. The summed E-state index contributed by atoms with van der Waals surface area (Å²) < 4.78 is 9.73. The summed E-state index contributed by atoms with van der Waals surface area (Å²) in [5.41, 5.74) is 4.15. The van der Waals surface area contributed by atoms with Gasteiger partial charge in [-0.25, -0.2) is 9.36 Å². The Labute approximate surface area is 164 Å². The highest BCUT2D eigenvalue weighted by atomic mass is 31.0. The van der Waals surface area contributed by atoms with Crippen LogP contribution < -0.4 is 4.52 Å². The van der Waals surface area contributed by atoms with Crippen LogP contribution in [0.2, 0.25) is 0 Å². The molecule has 0 amide bonds. The Bertz CT molecular complexity index is 1220. The van der Waals surface area contributed by atoms with E-state index in [1.807, 2.05) is 65.1 Å². The van der Waals surface area contributed by atoms with E-state index in [-0.39, 0.29) is 6.17 Å². The molecule has 6 heteroatoms. The fourth-order valence-corrected chi connectivity index (χ4v) is 4.10. The number of hydrogen-bond acceptors (Lipinski definition) is 3. The predicted octanol–water partition coefficient (Wildman–Crippen LogP) is 4.96. The average Bonchev–Trinajstić information content (AvgIpc) is 3.34. The first-order valence-corrected chi connectivity index (χ1v) is 9.56. The quantitative estimate of drug-likeness (QED) is 0.410. The Morgan fingerprint density at radius 1 is 0.786 bits per heavy atom. The van der Waals surface area contributed by atoms with E-state index in [0.717, 1.165) is 38.7 Å². The molecule has 5 nitrogen and oxygen atoms in total. The molecular weight excluding hydrogens is 367 g/mol. The maximum Gasteiger partial charge on any atom is 0.173 e. The maximum absolute atomic E-state index is 5.71. The standard InChI is InChI=1S/C22H19N4OP/c1-15-7-6-10-18(21(15)27-28)22(25-19-11-4-2-8-16(19)13-23-25)26-20-12-5-3-9-17(20)14-24-26/h2-14,22H,28H2,1H3. The third-order valence-electron chi connectivity index (χ3n) is 5.11. The molecule has 2 heterocycles. The molecule has 0 spiro atoms. The van der Waals surface area contributed by atoms with Gasteiger partial charge in [-0.3, -0.25) is 0 Å². The zero-order valence-electron chi connectivity index (χ0n) is 15.4. The summed E-state index contributed by atoms with van der Waals surface area (Å²) in [4.78, 5) is 0. The average molecular weight is 386 g/mol. The maximum atomic E-state index is 5.71. The number of para-hydroxylation sites is 3. The van der Waals surface area contributed by atoms with Crippen LogP contribution in [0, 0.1) is 6.92 Å². The third-order valence-corrected chi connectivity index (χ3v) is 5.35. The van der Waals surface area contributed by atoms with Crippen molar-refractivity contribution in [2.24, 2.45) is 0 Å². The van der Waals surface area contributed by atoms with Crippen LogP contribution in [0.3, 0.4) is 0 Å². The molecule has 0 saturated carbocycles. The lowest BCUT2D eigenvalue weighted by Gasteiger charge is -2.23. The summed E-state index contributed by atoms with van der Waals surface area (Å²) in [5.74, 6) is 0.816. The lowest BCUT2D eigenvalue weighted by molar-refractivity contribution is 0.431. The van der Waals surface area contributed by atoms with Crippen molar-refractivity contribution in [3.8, 4) is 5.75 Å². The third kappa shape index (κ3) is 2.59. The molecule has 0 aliphatic rings. The number of nitrogens with zero attached hydrogens (tertiary/aromatic N) is 4. The zero-order valence-corrected chi connectivity index (χ0v) is 16.5. The van der Waals surface area contributed by atoms with E-state index in [9.17, 15) is 0 Å². The van der Waals surface area contributed by atoms with Crippen molar-refractivity contribution in [2.45, 2.75) is 13.1 Å². The second kappa shape index (κ2) is 6.77. The van der Waals surface area contributed by atoms with E-state index < -0.39 is 0 Å². The van der Waals surface area contributed by atoms with Gasteiger partial charge in [0, 0.05) is 16.3 Å². The van der Waals surface area contributed by atoms with Crippen LogP contribution in [0.1, 0.15) is 17.3 Å². The Morgan fingerprint density at radius 3 is 1.93 bits per heavy atom. The number of aryl methyl sites for hydroxylation is 1. The van der Waals surface area contributed by atoms with Gasteiger partial charge in [0.1, 0.15) is 5.75 Å². The Kier molecular flexibility index (Phi) is 4.10. The molecule has 0 fully saturated rings. The second-order valence-electron chi connectivity index (χ2n) is 6.78. The van der Waals surface area contributed by atoms with Crippen molar-refractivity contribution in [3.05, 3.63) is 90.3 Å². The van der Waals surface area contributed by atoms with Crippen molar-refractivity contribution in [1.29, 1.82) is 0 Å². The molecule has 28 heavy (non-hydrogen) atoms. The fourth-order valence-electron chi connectivity index (χ4n) is 3.78. The molecule has 0 aliphatic carbocycles. The summed E-state index contributed by atoms with van der Waals surface area (Å²) in [6.07, 6.45) is 3.51. The highest BCUT2D eigenvalue weighted by Gasteiger charge is 2.25. The van der Waals surface area contributed by atoms with Gasteiger partial charge in [-0.2, -0.15) is 10.2 Å². The molecule has 0 bridgehead atoms. The van der Waals surface area contributed by atoms with E-state index in [1.165, 1.54) is 0 Å². The minimum Gasteiger partial charge on any atom is -0.480 e. The van der Waals surface area contributed by atoms with Gasteiger partial charge in [0.15, 0.2) is 6.17 Å². The molecule has 5 aromatic rings. The van der Waals surface area contributed by atoms with Crippen LogP contribution >= 0.6 is 9.47 Å². The first kappa shape index (κ1) is 17.0. The van der Waals surface area contributed by atoms with Crippen LogP contribution in [0.25, 0.3) is 21.8 Å². The van der Waals surface area contributed by atoms with E-state index >= 15 is 0 Å². The van der Waals surface area contributed by atoms with Crippen molar-refractivity contribution in [2.75, 3.05) is 0 Å². The van der Waals surface area contributed by atoms with Crippen LogP contribution in [-0.2, 0) is 0 Å². The van der Waals surface area contributed by atoms with Gasteiger partial charge in [-0.15, -0.1) is 0 Å². The number of aromatic nitrogens is 4. The van der Waals surface area contributed by atoms with E-state index in [2.05, 4.69) is 39.8 Å². The molecule has 2 aromatic heterocycles. The van der Waals surface area contributed by atoms with Gasteiger partial charge in [0.25, 0.3) is 0 Å². The van der Waals surface area contributed by atoms with Gasteiger partial charge in [-0.05, 0) is 24.6 Å². The molecule has 1 atom stereocenters. The second-order valence-corrected chi connectivity index (χ2v) is 7.02. The van der Waals surface area contributed by atoms with Crippen LogP contribution in [-0.4, -0.2) is 19.6 Å². The molecule has 0 saturated heterocycles. The van der Waals surface area contributed by atoms with Gasteiger partial charge >= 0.3 is 0 Å². The normalized spacial score (nSPS) is 11.5. The first-order valence-electron chi connectivity index (χ1n) is 9.08. The number of benzene rings is 3. The van der Waals surface area contributed by atoms with Crippen molar-refractivity contribution >= 4 is 31.3 Å². The lowest BCUT2D eigenvalue weighted by Crippen LogP contribution is -2.22. The Morgan fingerprint density at radius 2 is 1.36 bits per heavy atom. The number of hydrogen-bond donors (Lipinski definition) is 0. The Hall–Kier alpha value is -3.17. The minimum atomic E-state index is -0.282. The number of rotatable bonds is 4. The van der Waals surface area contributed by atoms with Crippen molar-refractivity contribution in [3.63, 3.8) is 0 Å². The van der Waals surface area contributed by atoms with Gasteiger partial charge in [0.05, 0.1) is 32.9 Å². The van der Waals surface area contributed by atoms with Crippen molar-refractivity contribution in [1.82, 2.24) is 19.6 Å². The summed E-state index contributed by atoms with van der Waals surface area (Å²) >= 11 is 0. The summed E-state index contributed by atoms with van der Waals surface area (Å²) in [7, 11) is 2.37. The first-order chi connectivity index (χ1) is 13.8. The monoisotopic (exact) mass is 386 g/mol. The molecule has 1 unspecified atom stereocenters. The highest BCUT2D eigenvalue weighted by molar-refractivity contribution is 7.10. The topological polar surface area (TPSA) is 44.9 Å².